The van der Waals surface area contributed by atoms with Crippen LogP contribution in [0.1, 0.15) is 36.7 Å². The molecule has 0 fully saturated rings. The average molecular weight is 252 g/mol. The maximum absolute atomic E-state index is 6.24. The van der Waals surface area contributed by atoms with Crippen LogP contribution in [0.15, 0.2) is 16.5 Å². The molecule has 0 saturated carbocycles. The van der Waals surface area contributed by atoms with Gasteiger partial charge < -0.3 is 9.73 Å². The van der Waals surface area contributed by atoms with Crippen LogP contribution in [0.2, 0.25) is 5.02 Å². The number of fused-ring (bicyclic) bond motifs is 1. The fourth-order valence-corrected chi connectivity index (χ4v) is 2.60. The van der Waals surface area contributed by atoms with Crippen molar-refractivity contribution >= 4 is 22.6 Å². The highest BCUT2D eigenvalue weighted by Crippen LogP contribution is 2.36. The number of nitrogens with one attached hydrogen (secondary N) is 1. The SMILES string of the molecule is CNCc1oc2c(Cl)cc(C)cc2c1C(C)C. The van der Waals surface area contributed by atoms with Crippen LogP contribution in [0, 0.1) is 6.92 Å². The van der Waals surface area contributed by atoms with E-state index in [1.54, 1.807) is 0 Å². The lowest BCUT2D eigenvalue weighted by Gasteiger charge is -2.06. The number of halogens is 1. The molecule has 0 aliphatic carbocycles. The van der Waals surface area contributed by atoms with Gasteiger partial charge in [0.1, 0.15) is 5.76 Å². The molecule has 2 nitrogen and oxygen atoms in total. The van der Waals surface area contributed by atoms with Gasteiger partial charge in [0.25, 0.3) is 0 Å². The summed E-state index contributed by atoms with van der Waals surface area (Å²) < 4.78 is 5.89. The predicted octanol–water partition coefficient (Wildman–Crippen LogP) is 4.24. The Kier molecular flexibility index (Phi) is 3.45. The second-order valence-electron chi connectivity index (χ2n) is 4.75. The van der Waals surface area contributed by atoms with Crippen molar-refractivity contribution in [3.05, 3.63) is 34.0 Å². The van der Waals surface area contributed by atoms with Gasteiger partial charge in [-0.25, -0.2) is 0 Å². The molecule has 2 aromatic rings. The Labute approximate surface area is 107 Å². The minimum absolute atomic E-state index is 0.428. The Balaban J connectivity index is 2.75. The molecule has 0 radical (unpaired) electrons. The molecular formula is C14H18ClNO. The Bertz CT molecular complexity index is 543. The van der Waals surface area contributed by atoms with E-state index in [9.17, 15) is 0 Å². The molecule has 17 heavy (non-hydrogen) atoms. The van der Waals surface area contributed by atoms with Crippen LogP contribution in [-0.2, 0) is 6.54 Å². The molecule has 1 heterocycles. The zero-order valence-corrected chi connectivity index (χ0v) is 11.5. The van der Waals surface area contributed by atoms with E-state index in [1.807, 2.05) is 13.1 Å². The summed E-state index contributed by atoms with van der Waals surface area (Å²) in [6.45, 7) is 7.15. The molecule has 1 aromatic heterocycles. The number of benzene rings is 1. The Morgan fingerprint density at radius 3 is 2.65 bits per heavy atom. The highest BCUT2D eigenvalue weighted by molar-refractivity contribution is 6.35. The van der Waals surface area contributed by atoms with Crippen LogP contribution in [-0.4, -0.2) is 7.05 Å². The topological polar surface area (TPSA) is 25.2 Å². The lowest BCUT2D eigenvalue weighted by Crippen LogP contribution is -2.06. The third-order valence-electron chi connectivity index (χ3n) is 2.92. The third kappa shape index (κ3) is 2.20. The van der Waals surface area contributed by atoms with E-state index in [-0.39, 0.29) is 0 Å². The monoisotopic (exact) mass is 251 g/mol. The van der Waals surface area contributed by atoms with Crippen LogP contribution >= 0.6 is 11.6 Å². The molecular weight excluding hydrogens is 234 g/mol. The maximum Gasteiger partial charge on any atom is 0.153 e. The summed E-state index contributed by atoms with van der Waals surface area (Å²) in [6.07, 6.45) is 0. The maximum atomic E-state index is 6.24. The highest BCUT2D eigenvalue weighted by atomic mass is 35.5. The van der Waals surface area contributed by atoms with Crippen molar-refractivity contribution in [1.29, 1.82) is 0 Å². The second kappa shape index (κ2) is 4.71. The molecule has 0 saturated heterocycles. The Morgan fingerprint density at radius 1 is 1.35 bits per heavy atom. The second-order valence-corrected chi connectivity index (χ2v) is 5.15. The standard InChI is InChI=1S/C14H18ClNO/c1-8(2)13-10-5-9(3)6-11(15)14(10)17-12(13)7-16-4/h5-6,8,16H,7H2,1-4H3. The molecule has 0 spiro atoms. The van der Waals surface area contributed by atoms with Gasteiger partial charge in [0, 0.05) is 10.9 Å². The lowest BCUT2D eigenvalue weighted by atomic mass is 9.98. The van der Waals surface area contributed by atoms with Crippen LogP contribution in [0.3, 0.4) is 0 Å². The molecule has 3 heteroatoms. The fraction of sp³-hybridized carbons (Fsp3) is 0.429. The van der Waals surface area contributed by atoms with Crippen LogP contribution in [0.4, 0.5) is 0 Å². The predicted molar refractivity (Wildman–Crippen MR) is 72.8 cm³/mol. The summed E-state index contributed by atoms with van der Waals surface area (Å²) in [6, 6.07) is 4.10. The highest BCUT2D eigenvalue weighted by Gasteiger charge is 2.18. The first-order chi connectivity index (χ1) is 8.04. The van der Waals surface area contributed by atoms with Crippen molar-refractivity contribution in [2.75, 3.05) is 7.05 Å². The van der Waals surface area contributed by atoms with E-state index >= 15 is 0 Å². The zero-order valence-electron chi connectivity index (χ0n) is 10.7. The van der Waals surface area contributed by atoms with Crippen LogP contribution in [0.5, 0.6) is 0 Å². The van der Waals surface area contributed by atoms with E-state index in [0.717, 1.165) is 23.3 Å². The van der Waals surface area contributed by atoms with Gasteiger partial charge in [-0.1, -0.05) is 25.4 Å². The van der Waals surface area contributed by atoms with E-state index < -0.39 is 0 Å². The third-order valence-corrected chi connectivity index (χ3v) is 3.20. The molecule has 0 bridgehead atoms. The number of hydrogen-bond acceptors (Lipinski definition) is 2. The minimum atomic E-state index is 0.428. The number of aryl methyl sites for hydroxylation is 1. The number of rotatable bonds is 3. The van der Waals surface area contributed by atoms with Crippen molar-refractivity contribution < 1.29 is 4.42 Å². The summed E-state index contributed by atoms with van der Waals surface area (Å²) in [5.41, 5.74) is 3.24. The molecule has 92 valence electrons. The van der Waals surface area contributed by atoms with Crippen LogP contribution in [0.25, 0.3) is 11.0 Å². The van der Waals surface area contributed by atoms with Gasteiger partial charge in [-0.3, -0.25) is 0 Å². The number of furan rings is 1. The normalized spacial score (nSPS) is 11.6. The van der Waals surface area contributed by atoms with Crippen molar-refractivity contribution in [1.82, 2.24) is 5.32 Å². The van der Waals surface area contributed by atoms with Crippen molar-refractivity contribution in [2.24, 2.45) is 0 Å². The molecule has 0 atom stereocenters. The molecule has 0 aliphatic rings. The zero-order chi connectivity index (χ0) is 12.6. The lowest BCUT2D eigenvalue weighted by molar-refractivity contribution is 0.520. The minimum Gasteiger partial charge on any atom is -0.458 e. The van der Waals surface area contributed by atoms with Gasteiger partial charge in [-0.2, -0.15) is 0 Å². The number of hydrogen-bond donors (Lipinski definition) is 1. The summed E-state index contributed by atoms with van der Waals surface area (Å²) >= 11 is 6.24. The first-order valence-electron chi connectivity index (χ1n) is 5.90. The summed E-state index contributed by atoms with van der Waals surface area (Å²) in [5.74, 6) is 1.42. The van der Waals surface area contributed by atoms with Crippen molar-refractivity contribution in [2.45, 2.75) is 33.2 Å². The molecule has 1 aromatic carbocycles. The van der Waals surface area contributed by atoms with E-state index in [1.165, 1.54) is 11.1 Å². The van der Waals surface area contributed by atoms with Gasteiger partial charge in [0.2, 0.25) is 0 Å². The quantitative estimate of drug-likeness (QED) is 0.883. The van der Waals surface area contributed by atoms with Gasteiger partial charge >= 0.3 is 0 Å². The van der Waals surface area contributed by atoms with E-state index in [0.29, 0.717) is 10.9 Å². The molecule has 0 aliphatic heterocycles. The molecule has 2 rings (SSSR count). The first kappa shape index (κ1) is 12.5. The summed E-state index contributed by atoms with van der Waals surface area (Å²) in [4.78, 5) is 0. The van der Waals surface area contributed by atoms with Gasteiger partial charge in [0.05, 0.1) is 11.6 Å². The van der Waals surface area contributed by atoms with Gasteiger partial charge in [-0.05, 0) is 37.6 Å². The molecule has 0 unspecified atom stereocenters. The summed E-state index contributed by atoms with van der Waals surface area (Å²) in [5, 5.41) is 4.98. The average Bonchev–Trinajstić information content (AvgIpc) is 2.57. The molecule has 1 N–H and O–H groups in total. The Morgan fingerprint density at radius 2 is 2.06 bits per heavy atom. The van der Waals surface area contributed by atoms with E-state index in [4.69, 9.17) is 16.0 Å². The van der Waals surface area contributed by atoms with Crippen molar-refractivity contribution in [3.8, 4) is 0 Å². The summed E-state index contributed by atoms with van der Waals surface area (Å²) in [7, 11) is 1.92. The molecule has 0 amide bonds. The van der Waals surface area contributed by atoms with Gasteiger partial charge in [0.15, 0.2) is 5.58 Å². The first-order valence-corrected chi connectivity index (χ1v) is 6.28. The Hall–Kier alpha value is -0.990. The van der Waals surface area contributed by atoms with Crippen molar-refractivity contribution in [3.63, 3.8) is 0 Å². The smallest absolute Gasteiger partial charge is 0.153 e. The fourth-order valence-electron chi connectivity index (χ4n) is 2.29. The van der Waals surface area contributed by atoms with E-state index in [2.05, 4.69) is 32.2 Å². The largest absolute Gasteiger partial charge is 0.458 e. The van der Waals surface area contributed by atoms with Gasteiger partial charge in [-0.15, -0.1) is 0 Å². The van der Waals surface area contributed by atoms with Crippen LogP contribution < -0.4 is 5.32 Å².